The molecule has 82 valence electrons. The Kier molecular flexibility index (Phi) is 2.60. The van der Waals surface area contributed by atoms with Crippen molar-refractivity contribution in [1.29, 1.82) is 0 Å². The lowest BCUT2D eigenvalue weighted by Crippen LogP contribution is -2.04. The SMILES string of the molecule is CC(C)c1nc(C(=O)O)cc2ccccc12. The normalized spacial score (nSPS) is 10.9. The average molecular weight is 215 g/mol. The van der Waals surface area contributed by atoms with Crippen LogP contribution in [0.25, 0.3) is 10.8 Å². The highest BCUT2D eigenvalue weighted by atomic mass is 16.4. The Balaban J connectivity index is 2.78. The third-order valence-corrected chi connectivity index (χ3v) is 2.54. The van der Waals surface area contributed by atoms with Crippen molar-refractivity contribution in [1.82, 2.24) is 4.98 Å². The van der Waals surface area contributed by atoms with Gasteiger partial charge in [0.05, 0.1) is 5.69 Å². The molecule has 1 heterocycles. The first-order valence-electron chi connectivity index (χ1n) is 5.22. The fraction of sp³-hybridized carbons (Fsp3) is 0.231. The molecule has 0 aliphatic rings. The quantitative estimate of drug-likeness (QED) is 0.837. The van der Waals surface area contributed by atoms with Crippen LogP contribution in [0.5, 0.6) is 0 Å². The number of benzene rings is 1. The molecule has 0 fully saturated rings. The summed E-state index contributed by atoms with van der Waals surface area (Å²) < 4.78 is 0. The molecule has 0 aliphatic heterocycles. The topological polar surface area (TPSA) is 50.2 Å². The van der Waals surface area contributed by atoms with Crippen LogP contribution in [0.1, 0.15) is 35.9 Å². The molecule has 0 aliphatic carbocycles. The van der Waals surface area contributed by atoms with Crippen LogP contribution in [0.4, 0.5) is 0 Å². The minimum absolute atomic E-state index is 0.113. The highest BCUT2D eigenvalue weighted by molar-refractivity contribution is 5.93. The Bertz CT molecular complexity index is 547. The molecule has 3 nitrogen and oxygen atoms in total. The molecule has 1 aromatic carbocycles. The summed E-state index contributed by atoms with van der Waals surface area (Å²) in [6.07, 6.45) is 0. The van der Waals surface area contributed by atoms with Crippen LogP contribution >= 0.6 is 0 Å². The van der Waals surface area contributed by atoms with Gasteiger partial charge >= 0.3 is 5.97 Å². The van der Waals surface area contributed by atoms with Crippen LogP contribution in [-0.4, -0.2) is 16.1 Å². The minimum Gasteiger partial charge on any atom is -0.477 e. The third-order valence-electron chi connectivity index (χ3n) is 2.54. The minimum atomic E-state index is -0.979. The number of aromatic nitrogens is 1. The summed E-state index contributed by atoms with van der Waals surface area (Å²) in [4.78, 5) is 15.2. The molecule has 3 heteroatoms. The summed E-state index contributed by atoms with van der Waals surface area (Å²) in [5, 5.41) is 10.9. The maximum atomic E-state index is 11.0. The molecule has 2 aromatic rings. The van der Waals surface area contributed by atoms with Gasteiger partial charge in [-0.1, -0.05) is 38.1 Å². The van der Waals surface area contributed by atoms with E-state index in [2.05, 4.69) is 4.98 Å². The molecular weight excluding hydrogens is 202 g/mol. The van der Waals surface area contributed by atoms with E-state index >= 15 is 0 Å². The zero-order valence-electron chi connectivity index (χ0n) is 9.27. The van der Waals surface area contributed by atoms with Gasteiger partial charge in [-0.15, -0.1) is 0 Å². The largest absolute Gasteiger partial charge is 0.477 e. The molecule has 0 spiro atoms. The van der Waals surface area contributed by atoms with Crippen molar-refractivity contribution in [3.05, 3.63) is 41.7 Å². The number of pyridine rings is 1. The highest BCUT2D eigenvalue weighted by Gasteiger charge is 2.12. The number of rotatable bonds is 2. The first-order chi connectivity index (χ1) is 7.59. The monoisotopic (exact) mass is 215 g/mol. The van der Waals surface area contributed by atoms with Crippen LogP contribution in [0.2, 0.25) is 0 Å². The second kappa shape index (κ2) is 3.93. The van der Waals surface area contributed by atoms with E-state index in [0.717, 1.165) is 16.5 Å². The lowest BCUT2D eigenvalue weighted by atomic mass is 10.0. The van der Waals surface area contributed by atoms with E-state index in [9.17, 15) is 4.79 Å². The van der Waals surface area contributed by atoms with E-state index in [1.54, 1.807) is 6.07 Å². The predicted molar refractivity (Wildman–Crippen MR) is 62.8 cm³/mol. The van der Waals surface area contributed by atoms with Gasteiger partial charge in [0.25, 0.3) is 0 Å². The van der Waals surface area contributed by atoms with Crippen molar-refractivity contribution in [3.63, 3.8) is 0 Å². The van der Waals surface area contributed by atoms with Crippen molar-refractivity contribution in [2.75, 3.05) is 0 Å². The molecular formula is C13H13NO2. The number of carboxylic acid groups (broad SMARTS) is 1. The molecule has 0 saturated carbocycles. The number of carboxylic acids is 1. The smallest absolute Gasteiger partial charge is 0.354 e. The maximum absolute atomic E-state index is 11.0. The van der Waals surface area contributed by atoms with Crippen LogP contribution in [0.15, 0.2) is 30.3 Å². The maximum Gasteiger partial charge on any atom is 0.354 e. The number of hydrogen-bond donors (Lipinski definition) is 1. The Morgan fingerprint density at radius 1 is 1.31 bits per heavy atom. The van der Waals surface area contributed by atoms with Gasteiger partial charge in [0.2, 0.25) is 0 Å². The second-order valence-electron chi connectivity index (χ2n) is 4.07. The summed E-state index contributed by atoms with van der Waals surface area (Å²) in [5.74, 6) is -0.767. The van der Waals surface area contributed by atoms with E-state index in [1.807, 2.05) is 38.1 Å². The molecule has 0 unspecified atom stereocenters. The van der Waals surface area contributed by atoms with Crippen molar-refractivity contribution >= 4 is 16.7 Å². The number of hydrogen-bond acceptors (Lipinski definition) is 2. The standard InChI is InChI=1S/C13H13NO2/c1-8(2)12-10-6-4-3-5-9(10)7-11(14-12)13(15)16/h3-8H,1-2H3,(H,15,16). The zero-order chi connectivity index (χ0) is 11.7. The van der Waals surface area contributed by atoms with Gasteiger partial charge in [-0.25, -0.2) is 9.78 Å². The van der Waals surface area contributed by atoms with Crippen molar-refractivity contribution in [2.45, 2.75) is 19.8 Å². The summed E-state index contributed by atoms with van der Waals surface area (Å²) in [5.41, 5.74) is 0.956. The summed E-state index contributed by atoms with van der Waals surface area (Å²) in [7, 11) is 0. The summed E-state index contributed by atoms with van der Waals surface area (Å²) in [6, 6.07) is 9.34. The summed E-state index contributed by atoms with van der Waals surface area (Å²) in [6.45, 7) is 4.03. The molecule has 16 heavy (non-hydrogen) atoms. The van der Waals surface area contributed by atoms with Gasteiger partial charge in [0.1, 0.15) is 5.69 Å². The Morgan fingerprint density at radius 2 is 2.00 bits per heavy atom. The van der Waals surface area contributed by atoms with Crippen molar-refractivity contribution < 1.29 is 9.90 Å². The fourth-order valence-electron chi connectivity index (χ4n) is 1.78. The molecule has 0 saturated heterocycles. The van der Waals surface area contributed by atoms with Crippen molar-refractivity contribution in [3.8, 4) is 0 Å². The Hall–Kier alpha value is -1.90. The lowest BCUT2D eigenvalue weighted by Gasteiger charge is -2.10. The van der Waals surface area contributed by atoms with E-state index < -0.39 is 5.97 Å². The Morgan fingerprint density at radius 3 is 2.62 bits per heavy atom. The average Bonchev–Trinajstić information content (AvgIpc) is 2.27. The third kappa shape index (κ3) is 1.76. The van der Waals surface area contributed by atoms with E-state index in [0.29, 0.717) is 0 Å². The van der Waals surface area contributed by atoms with Crippen LogP contribution in [-0.2, 0) is 0 Å². The molecule has 0 atom stereocenters. The lowest BCUT2D eigenvalue weighted by molar-refractivity contribution is 0.0690. The fourth-order valence-corrected chi connectivity index (χ4v) is 1.78. The van der Waals surface area contributed by atoms with Crippen LogP contribution in [0, 0.1) is 0 Å². The van der Waals surface area contributed by atoms with Gasteiger partial charge in [0.15, 0.2) is 0 Å². The molecule has 2 rings (SSSR count). The zero-order valence-corrected chi connectivity index (χ0v) is 9.27. The van der Waals surface area contributed by atoms with Gasteiger partial charge in [-0.3, -0.25) is 0 Å². The number of aromatic carboxylic acids is 1. The van der Waals surface area contributed by atoms with Gasteiger partial charge < -0.3 is 5.11 Å². The van der Waals surface area contributed by atoms with Gasteiger partial charge in [-0.2, -0.15) is 0 Å². The van der Waals surface area contributed by atoms with Crippen LogP contribution in [0.3, 0.4) is 0 Å². The van der Waals surface area contributed by atoms with Gasteiger partial charge in [-0.05, 0) is 17.4 Å². The number of fused-ring (bicyclic) bond motifs is 1. The van der Waals surface area contributed by atoms with E-state index in [1.165, 1.54) is 0 Å². The second-order valence-corrected chi connectivity index (χ2v) is 4.07. The first-order valence-corrected chi connectivity index (χ1v) is 5.22. The van der Waals surface area contributed by atoms with Crippen molar-refractivity contribution in [2.24, 2.45) is 0 Å². The van der Waals surface area contributed by atoms with E-state index in [4.69, 9.17) is 5.11 Å². The molecule has 1 aromatic heterocycles. The predicted octanol–water partition coefficient (Wildman–Crippen LogP) is 3.06. The van der Waals surface area contributed by atoms with Crippen LogP contribution < -0.4 is 0 Å². The van der Waals surface area contributed by atoms with Gasteiger partial charge in [0, 0.05) is 5.39 Å². The number of carbonyl (C=O) groups is 1. The van der Waals surface area contributed by atoms with E-state index in [-0.39, 0.29) is 11.6 Å². The highest BCUT2D eigenvalue weighted by Crippen LogP contribution is 2.24. The molecule has 0 amide bonds. The summed E-state index contributed by atoms with van der Waals surface area (Å²) >= 11 is 0. The Labute approximate surface area is 93.7 Å². The number of nitrogens with zero attached hydrogens (tertiary/aromatic N) is 1. The molecule has 0 bridgehead atoms. The molecule has 1 N–H and O–H groups in total. The molecule has 0 radical (unpaired) electrons. The first kappa shape index (κ1) is 10.6.